The van der Waals surface area contributed by atoms with E-state index in [0.29, 0.717) is 6.54 Å². The molecule has 1 aromatic carbocycles. The third-order valence-corrected chi connectivity index (χ3v) is 3.43. The second kappa shape index (κ2) is 4.95. The van der Waals surface area contributed by atoms with Crippen molar-refractivity contribution in [3.63, 3.8) is 0 Å². The van der Waals surface area contributed by atoms with Crippen LogP contribution in [-0.2, 0) is 6.54 Å². The maximum Gasteiger partial charge on any atom is 0.0749 e. The average Bonchev–Trinajstić information content (AvgIpc) is 2.70. The van der Waals surface area contributed by atoms with Crippen LogP contribution in [0.15, 0.2) is 24.3 Å². The van der Waals surface area contributed by atoms with Gasteiger partial charge in [-0.2, -0.15) is 0 Å². The van der Waals surface area contributed by atoms with Crippen molar-refractivity contribution in [3.8, 4) is 0 Å². The van der Waals surface area contributed by atoms with E-state index >= 15 is 0 Å². The van der Waals surface area contributed by atoms with E-state index in [4.69, 9.17) is 5.73 Å². The molecular weight excluding hydrogens is 200 g/mol. The van der Waals surface area contributed by atoms with E-state index < -0.39 is 0 Å². The van der Waals surface area contributed by atoms with Crippen molar-refractivity contribution in [3.05, 3.63) is 35.4 Å². The van der Waals surface area contributed by atoms with Crippen molar-refractivity contribution in [2.24, 2.45) is 5.73 Å². The number of hydrogen-bond donors (Lipinski definition) is 2. The quantitative estimate of drug-likeness (QED) is 0.806. The molecule has 1 aliphatic heterocycles. The van der Waals surface area contributed by atoms with Gasteiger partial charge in [0, 0.05) is 13.1 Å². The number of nitrogens with zero attached hydrogens (tertiary/aromatic N) is 1. The van der Waals surface area contributed by atoms with Crippen LogP contribution in [0.5, 0.6) is 0 Å². The van der Waals surface area contributed by atoms with Gasteiger partial charge in [-0.3, -0.25) is 4.90 Å². The van der Waals surface area contributed by atoms with Crippen molar-refractivity contribution >= 4 is 0 Å². The molecule has 2 rings (SSSR count). The molecule has 1 heterocycles. The zero-order valence-electron chi connectivity index (χ0n) is 9.76. The highest BCUT2D eigenvalue weighted by atomic mass is 16.3. The normalized spacial score (nSPS) is 26.2. The zero-order chi connectivity index (χ0) is 11.5. The lowest BCUT2D eigenvalue weighted by molar-refractivity contribution is 0.119. The van der Waals surface area contributed by atoms with E-state index in [2.05, 4.69) is 24.0 Å². The van der Waals surface area contributed by atoms with Gasteiger partial charge in [-0.1, -0.05) is 31.2 Å². The standard InChI is InChI=1S/C13H20N2O/c1-2-15-8-7-12(16)13(15)11-5-3-10(9-14)4-6-11/h3-6,12-13,16H,2,7-9,14H2,1H3. The molecule has 1 aromatic rings. The monoisotopic (exact) mass is 220 g/mol. The molecule has 0 bridgehead atoms. The summed E-state index contributed by atoms with van der Waals surface area (Å²) in [7, 11) is 0. The fourth-order valence-electron chi connectivity index (χ4n) is 2.48. The Balaban J connectivity index is 2.21. The summed E-state index contributed by atoms with van der Waals surface area (Å²) in [4.78, 5) is 2.32. The van der Waals surface area contributed by atoms with Gasteiger partial charge in [0.1, 0.15) is 0 Å². The summed E-state index contributed by atoms with van der Waals surface area (Å²) in [5.41, 5.74) is 7.91. The molecule has 2 unspecified atom stereocenters. The van der Waals surface area contributed by atoms with Gasteiger partial charge in [0.2, 0.25) is 0 Å². The highest BCUT2D eigenvalue weighted by Crippen LogP contribution is 2.31. The summed E-state index contributed by atoms with van der Waals surface area (Å²) in [5, 5.41) is 10.0. The molecule has 0 saturated carbocycles. The lowest BCUT2D eigenvalue weighted by Crippen LogP contribution is -2.27. The Morgan fingerprint density at radius 2 is 2.06 bits per heavy atom. The fraction of sp³-hybridized carbons (Fsp3) is 0.538. The van der Waals surface area contributed by atoms with Gasteiger partial charge in [0.15, 0.2) is 0 Å². The summed E-state index contributed by atoms with van der Waals surface area (Å²) in [6.07, 6.45) is 0.639. The molecule has 2 atom stereocenters. The molecule has 3 N–H and O–H groups in total. The van der Waals surface area contributed by atoms with Crippen LogP contribution in [0, 0.1) is 0 Å². The lowest BCUT2D eigenvalue weighted by atomic mass is 10.0. The molecular formula is C13H20N2O. The average molecular weight is 220 g/mol. The Morgan fingerprint density at radius 3 is 2.62 bits per heavy atom. The molecule has 0 spiro atoms. The van der Waals surface area contributed by atoms with Crippen molar-refractivity contribution in [2.75, 3.05) is 13.1 Å². The van der Waals surface area contributed by atoms with E-state index in [1.165, 1.54) is 5.56 Å². The molecule has 88 valence electrons. The van der Waals surface area contributed by atoms with E-state index in [1.807, 2.05) is 12.1 Å². The third kappa shape index (κ3) is 2.12. The topological polar surface area (TPSA) is 49.5 Å². The molecule has 0 aromatic heterocycles. The van der Waals surface area contributed by atoms with Crippen molar-refractivity contribution in [1.29, 1.82) is 0 Å². The van der Waals surface area contributed by atoms with Gasteiger partial charge in [0.25, 0.3) is 0 Å². The molecule has 16 heavy (non-hydrogen) atoms. The fourth-order valence-corrected chi connectivity index (χ4v) is 2.48. The second-order valence-corrected chi connectivity index (χ2v) is 4.38. The molecule has 1 fully saturated rings. The number of likely N-dealkylation sites (N-methyl/N-ethyl adjacent to an activating group) is 1. The maximum atomic E-state index is 10.0. The van der Waals surface area contributed by atoms with Gasteiger partial charge in [-0.05, 0) is 24.1 Å². The Morgan fingerprint density at radius 1 is 1.38 bits per heavy atom. The molecule has 0 aliphatic carbocycles. The number of aliphatic hydroxyl groups excluding tert-OH is 1. The van der Waals surface area contributed by atoms with Crippen LogP contribution >= 0.6 is 0 Å². The number of hydrogen-bond acceptors (Lipinski definition) is 3. The Labute approximate surface area is 96.9 Å². The third-order valence-electron chi connectivity index (χ3n) is 3.43. The van der Waals surface area contributed by atoms with E-state index in [0.717, 1.165) is 25.1 Å². The SMILES string of the molecule is CCN1CCC(O)C1c1ccc(CN)cc1. The number of aliphatic hydroxyl groups is 1. The van der Waals surface area contributed by atoms with Gasteiger partial charge in [-0.25, -0.2) is 0 Å². The predicted molar refractivity (Wildman–Crippen MR) is 64.9 cm³/mol. The summed E-state index contributed by atoms with van der Waals surface area (Å²) >= 11 is 0. The Hall–Kier alpha value is -0.900. The number of rotatable bonds is 3. The van der Waals surface area contributed by atoms with Gasteiger partial charge in [-0.15, -0.1) is 0 Å². The van der Waals surface area contributed by atoms with E-state index in [-0.39, 0.29) is 12.1 Å². The second-order valence-electron chi connectivity index (χ2n) is 4.38. The highest BCUT2D eigenvalue weighted by molar-refractivity contribution is 5.26. The summed E-state index contributed by atoms with van der Waals surface area (Å²) < 4.78 is 0. The molecule has 1 saturated heterocycles. The van der Waals surface area contributed by atoms with Crippen molar-refractivity contribution < 1.29 is 5.11 Å². The van der Waals surface area contributed by atoms with Gasteiger partial charge in [0.05, 0.1) is 12.1 Å². The maximum absolute atomic E-state index is 10.0. The van der Waals surface area contributed by atoms with Crippen LogP contribution < -0.4 is 5.73 Å². The summed E-state index contributed by atoms with van der Waals surface area (Å²) in [6.45, 7) is 4.69. The minimum absolute atomic E-state index is 0.164. The smallest absolute Gasteiger partial charge is 0.0749 e. The van der Waals surface area contributed by atoms with E-state index in [9.17, 15) is 5.11 Å². The Kier molecular flexibility index (Phi) is 3.59. The molecule has 0 amide bonds. The Bertz CT molecular complexity index is 336. The zero-order valence-corrected chi connectivity index (χ0v) is 9.76. The summed E-state index contributed by atoms with van der Waals surface area (Å²) in [6, 6.07) is 8.44. The van der Waals surface area contributed by atoms with Crippen LogP contribution in [0.1, 0.15) is 30.5 Å². The predicted octanol–water partition coefficient (Wildman–Crippen LogP) is 1.27. The van der Waals surface area contributed by atoms with Crippen LogP contribution in [0.2, 0.25) is 0 Å². The first-order valence-corrected chi connectivity index (χ1v) is 5.97. The minimum atomic E-state index is -0.233. The van der Waals surface area contributed by atoms with Crippen molar-refractivity contribution in [2.45, 2.75) is 32.0 Å². The van der Waals surface area contributed by atoms with Crippen LogP contribution in [0.4, 0.5) is 0 Å². The van der Waals surface area contributed by atoms with Crippen LogP contribution in [0.25, 0.3) is 0 Å². The number of likely N-dealkylation sites (tertiary alicyclic amines) is 1. The first-order chi connectivity index (χ1) is 7.76. The molecule has 3 nitrogen and oxygen atoms in total. The molecule has 3 heteroatoms. The largest absolute Gasteiger partial charge is 0.391 e. The molecule has 1 aliphatic rings. The molecule has 0 radical (unpaired) electrons. The number of benzene rings is 1. The summed E-state index contributed by atoms with van der Waals surface area (Å²) in [5.74, 6) is 0. The van der Waals surface area contributed by atoms with Gasteiger partial charge >= 0.3 is 0 Å². The van der Waals surface area contributed by atoms with Crippen molar-refractivity contribution in [1.82, 2.24) is 4.90 Å². The highest BCUT2D eigenvalue weighted by Gasteiger charge is 2.32. The van der Waals surface area contributed by atoms with Gasteiger partial charge < -0.3 is 10.8 Å². The lowest BCUT2D eigenvalue weighted by Gasteiger charge is -2.25. The van der Waals surface area contributed by atoms with E-state index in [1.54, 1.807) is 0 Å². The van der Waals surface area contributed by atoms with Crippen LogP contribution in [-0.4, -0.2) is 29.2 Å². The van der Waals surface area contributed by atoms with Crippen LogP contribution in [0.3, 0.4) is 0 Å². The number of nitrogens with two attached hydrogens (primary N) is 1. The first kappa shape index (κ1) is 11.6. The first-order valence-electron chi connectivity index (χ1n) is 5.97. The minimum Gasteiger partial charge on any atom is -0.391 e.